The van der Waals surface area contributed by atoms with Gasteiger partial charge in [-0.2, -0.15) is 0 Å². The van der Waals surface area contributed by atoms with E-state index >= 15 is 0 Å². The van der Waals surface area contributed by atoms with Gasteiger partial charge in [-0.05, 0) is 92.4 Å². The highest BCUT2D eigenvalue weighted by molar-refractivity contribution is 5.88. The number of azide groups is 1. The molecule has 4 aliphatic rings. The van der Waals surface area contributed by atoms with Crippen LogP contribution >= 0.6 is 0 Å². The molecule has 0 bridgehead atoms. The molecular formula is C25H37N3O2. The van der Waals surface area contributed by atoms with Crippen LogP contribution in [0, 0.1) is 40.4 Å². The number of carbonyl (C=O) groups is 2. The van der Waals surface area contributed by atoms with E-state index in [1.165, 1.54) is 6.42 Å². The molecule has 0 amide bonds. The number of nitrogens with zero attached hydrogens (tertiary/aromatic N) is 3. The lowest BCUT2D eigenvalue weighted by molar-refractivity contribution is -0.157. The van der Waals surface area contributed by atoms with Gasteiger partial charge in [-0.25, -0.2) is 0 Å². The van der Waals surface area contributed by atoms with Gasteiger partial charge in [0.25, 0.3) is 0 Å². The van der Waals surface area contributed by atoms with Gasteiger partial charge < -0.3 is 0 Å². The first-order valence-electron chi connectivity index (χ1n) is 12.1. The van der Waals surface area contributed by atoms with Crippen molar-refractivity contribution in [1.29, 1.82) is 0 Å². The third kappa shape index (κ3) is 3.64. The minimum absolute atomic E-state index is 0.132. The molecule has 0 aromatic carbocycles. The van der Waals surface area contributed by atoms with E-state index < -0.39 is 0 Å². The highest BCUT2D eigenvalue weighted by Gasteiger charge is 2.62. The second-order valence-corrected chi connectivity index (χ2v) is 10.9. The van der Waals surface area contributed by atoms with Gasteiger partial charge in [0.1, 0.15) is 11.6 Å². The van der Waals surface area contributed by atoms with Gasteiger partial charge in [0.2, 0.25) is 0 Å². The highest BCUT2D eigenvalue weighted by Crippen LogP contribution is 2.65. The molecule has 0 N–H and O–H groups in total. The summed E-state index contributed by atoms with van der Waals surface area (Å²) in [5, 5.41) is 3.58. The van der Waals surface area contributed by atoms with Crippen LogP contribution in [0.25, 0.3) is 10.4 Å². The molecule has 164 valence electrons. The van der Waals surface area contributed by atoms with E-state index in [1.807, 2.05) is 0 Å². The molecule has 0 spiro atoms. The SMILES string of the molecule is C[C@]12CCC(C=CCCCCN=[N+]=[N-])CC1C(=O)C[C@@H]1[C@H]2CC[C@]2(C)C(=O)CC[C@@H]12. The van der Waals surface area contributed by atoms with Crippen LogP contribution in [0.1, 0.15) is 84.5 Å². The van der Waals surface area contributed by atoms with Gasteiger partial charge in [-0.1, -0.05) is 31.1 Å². The molecule has 0 aliphatic heterocycles. The average Bonchev–Trinajstić information content (AvgIpc) is 3.03. The van der Waals surface area contributed by atoms with Crippen LogP contribution in [0.5, 0.6) is 0 Å². The summed E-state index contributed by atoms with van der Waals surface area (Å²) in [6.07, 6.45) is 15.6. The van der Waals surface area contributed by atoms with Crippen molar-refractivity contribution in [1.82, 2.24) is 0 Å². The van der Waals surface area contributed by atoms with Crippen molar-refractivity contribution in [2.24, 2.45) is 45.5 Å². The number of unbranched alkanes of at least 4 members (excludes halogenated alkanes) is 2. The summed E-state index contributed by atoms with van der Waals surface area (Å²) in [5.74, 6) is 3.15. The fraction of sp³-hybridized carbons (Fsp3) is 0.840. The normalized spacial score (nSPS) is 43.1. The lowest BCUT2D eigenvalue weighted by atomic mass is 9.44. The summed E-state index contributed by atoms with van der Waals surface area (Å²) in [7, 11) is 0. The van der Waals surface area contributed by atoms with Crippen molar-refractivity contribution < 1.29 is 9.59 Å². The molecule has 0 heterocycles. The molecule has 4 rings (SSSR count). The zero-order chi connectivity index (χ0) is 21.4. The zero-order valence-corrected chi connectivity index (χ0v) is 18.7. The van der Waals surface area contributed by atoms with Crippen LogP contribution in [0.2, 0.25) is 0 Å². The molecule has 4 saturated carbocycles. The van der Waals surface area contributed by atoms with Crippen molar-refractivity contribution in [3.05, 3.63) is 22.6 Å². The van der Waals surface area contributed by atoms with E-state index in [2.05, 4.69) is 36.0 Å². The fourth-order valence-electron chi connectivity index (χ4n) is 7.79. The van der Waals surface area contributed by atoms with Gasteiger partial charge in [-0.15, -0.1) is 0 Å². The molecule has 4 aliphatic carbocycles. The predicted molar refractivity (Wildman–Crippen MR) is 118 cm³/mol. The fourth-order valence-corrected chi connectivity index (χ4v) is 7.79. The van der Waals surface area contributed by atoms with Gasteiger partial charge in [0.15, 0.2) is 0 Å². The largest absolute Gasteiger partial charge is 0.299 e. The monoisotopic (exact) mass is 411 g/mol. The van der Waals surface area contributed by atoms with E-state index in [9.17, 15) is 9.59 Å². The first-order chi connectivity index (χ1) is 14.4. The maximum Gasteiger partial charge on any atom is 0.139 e. The van der Waals surface area contributed by atoms with Crippen LogP contribution in [0.3, 0.4) is 0 Å². The Labute approximate surface area is 180 Å². The molecule has 7 atom stereocenters. The van der Waals surface area contributed by atoms with Gasteiger partial charge in [0, 0.05) is 35.6 Å². The third-order valence-electron chi connectivity index (χ3n) is 9.56. The van der Waals surface area contributed by atoms with E-state index in [0.717, 1.165) is 57.8 Å². The molecule has 2 unspecified atom stereocenters. The van der Waals surface area contributed by atoms with Crippen LogP contribution in [-0.2, 0) is 9.59 Å². The Bertz CT molecular complexity index is 770. The second-order valence-electron chi connectivity index (χ2n) is 10.9. The van der Waals surface area contributed by atoms with Gasteiger partial charge in [-0.3, -0.25) is 9.59 Å². The summed E-state index contributed by atoms with van der Waals surface area (Å²) < 4.78 is 0. The van der Waals surface area contributed by atoms with E-state index in [4.69, 9.17) is 5.53 Å². The summed E-state index contributed by atoms with van der Waals surface area (Å²) in [6, 6.07) is 0. The zero-order valence-electron chi connectivity index (χ0n) is 18.7. The lowest BCUT2D eigenvalue weighted by Gasteiger charge is -2.59. The van der Waals surface area contributed by atoms with Crippen molar-refractivity contribution >= 4 is 11.6 Å². The van der Waals surface area contributed by atoms with Crippen molar-refractivity contribution in [2.75, 3.05) is 6.54 Å². The Morgan fingerprint density at radius 3 is 2.77 bits per heavy atom. The molecule has 5 nitrogen and oxygen atoms in total. The molecule has 4 fully saturated rings. The summed E-state index contributed by atoms with van der Waals surface area (Å²) in [4.78, 5) is 28.7. The van der Waals surface area contributed by atoms with E-state index in [0.29, 0.717) is 48.2 Å². The number of hydrogen-bond donors (Lipinski definition) is 0. The minimum atomic E-state index is -0.150. The average molecular weight is 412 g/mol. The Hall–Kier alpha value is -1.61. The minimum Gasteiger partial charge on any atom is -0.299 e. The Kier molecular flexibility index (Phi) is 6.12. The number of ketones is 2. The van der Waals surface area contributed by atoms with Crippen LogP contribution < -0.4 is 0 Å². The first kappa shape index (κ1) is 21.6. The van der Waals surface area contributed by atoms with Crippen LogP contribution in [0.4, 0.5) is 0 Å². The standard InChI is InChI=1S/C25H37N3O2/c1-24-12-10-17(7-5-3-4-6-14-27-28-26)15-21(24)22(29)16-18-19-8-9-23(30)25(19,2)13-11-20(18)24/h5,7,17-21H,3-4,6,8-16H2,1-2H3/t17?,18-,19-,20+,21?,24+,25-/m0/s1. The molecule has 0 aromatic heterocycles. The summed E-state index contributed by atoms with van der Waals surface area (Å²) in [5.41, 5.74) is 8.30. The lowest BCUT2D eigenvalue weighted by Crippen LogP contribution is -2.56. The van der Waals surface area contributed by atoms with Gasteiger partial charge in [0.05, 0.1) is 0 Å². The molecular weight excluding hydrogens is 374 g/mol. The van der Waals surface area contributed by atoms with Crippen molar-refractivity contribution in [2.45, 2.75) is 84.5 Å². The van der Waals surface area contributed by atoms with E-state index in [-0.39, 0.29) is 16.7 Å². The summed E-state index contributed by atoms with van der Waals surface area (Å²) >= 11 is 0. The van der Waals surface area contributed by atoms with Gasteiger partial charge >= 0.3 is 0 Å². The first-order valence-corrected chi connectivity index (χ1v) is 12.1. The van der Waals surface area contributed by atoms with Crippen LogP contribution in [0.15, 0.2) is 17.3 Å². The maximum atomic E-state index is 13.3. The summed E-state index contributed by atoms with van der Waals surface area (Å²) in [6.45, 7) is 5.18. The predicted octanol–water partition coefficient (Wildman–Crippen LogP) is 6.43. The Balaban J connectivity index is 1.40. The third-order valence-corrected chi connectivity index (χ3v) is 9.56. The number of Topliss-reactive ketones (excluding diaryl/α,β-unsaturated/α-hetero) is 2. The van der Waals surface area contributed by atoms with Crippen LogP contribution in [-0.4, -0.2) is 18.1 Å². The Morgan fingerprint density at radius 2 is 1.97 bits per heavy atom. The topological polar surface area (TPSA) is 82.9 Å². The molecule has 0 saturated heterocycles. The quantitative estimate of drug-likeness (QED) is 0.166. The number of hydrogen-bond acceptors (Lipinski definition) is 3. The molecule has 30 heavy (non-hydrogen) atoms. The smallest absolute Gasteiger partial charge is 0.139 e. The number of rotatable bonds is 6. The number of carbonyl (C=O) groups excluding carboxylic acids is 2. The second kappa shape index (κ2) is 8.49. The molecule has 5 heteroatoms. The number of allylic oxidation sites excluding steroid dienone is 2. The molecule has 0 radical (unpaired) electrons. The highest BCUT2D eigenvalue weighted by atomic mass is 16.1. The number of fused-ring (bicyclic) bond motifs is 5. The van der Waals surface area contributed by atoms with E-state index in [1.54, 1.807) is 0 Å². The Morgan fingerprint density at radius 1 is 1.13 bits per heavy atom. The molecule has 0 aromatic rings. The maximum absolute atomic E-state index is 13.3. The van der Waals surface area contributed by atoms with Crippen molar-refractivity contribution in [3.63, 3.8) is 0 Å². The van der Waals surface area contributed by atoms with Crippen molar-refractivity contribution in [3.8, 4) is 0 Å².